The Balaban J connectivity index is 0.00000225. The van der Waals surface area contributed by atoms with Crippen LogP contribution in [0.25, 0.3) is 10.9 Å². The highest BCUT2D eigenvalue weighted by molar-refractivity contribution is 5.92. The van der Waals surface area contributed by atoms with Crippen LogP contribution in [0.1, 0.15) is 5.56 Å². The average Bonchev–Trinajstić information content (AvgIpc) is 2.71. The number of aliphatic hydroxyl groups excluding tert-OH is 1. The third-order valence-electron chi connectivity index (χ3n) is 4.25. The molecule has 0 aliphatic heterocycles. The summed E-state index contributed by atoms with van der Waals surface area (Å²) in [4.78, 5) is 9.31. The summed E-state index contributed by atoms with van der Waals surface area (Å²) >= 11 is 0. The maximum Gasteiger partial charge on any atom is 0.229 e. The molecular weight excluding hydrogens is 372 g/mol. The van der Waals surface area contributed by atoms with Gasteiger partial charge in [-0.2, -0.15) is 4.98 Å². The number of benzene rings is 3. The fraction of sp³-hybridized carbons (Fsp3) is 0.0909. The van der Waals surface area contributed by atoms with Crippen LogP contribution in [0.15, 0.2) is 78.9 Å². The number of anilines is 4. The van der Waals surface area contributed by atoms with Crippen LogP contribution in [0, 0.1) is 0 Å². The van der Waals surface area contributed by atoms with Gasteiger partial charge in [0.25, 0.3) is 0 Å². The number of hydrogen-bond donors (Lipinski definition) is 3. The van der Waals surface area contributed by atoms with Crippen LogP contribution in [0.5, 0.6) is 0 Å². The van der Waals surface area contributed by atoms with Gasteiger partial charge in [-0.05, 0) is 48.4 Å². The van der Waals surface area contributed by atoms with Gasteiger partial charge in [0.05, 0.1) is 5.52 Å². The Morgan fingerprint density at radius 1 is 0.714 bits per heavy atom. The van der Waals surface area contributed by atoms with Crippen molar-refractivity contribution >= 4 is 46.5 Å². The van der Waals surface area contributed by atoms with E-state index in [-0.39, 0.29) is 19.0 Å². The third kappa shape index (κ3) is 4.57. The lowest BCUT2D eigenvalue weighted by atomic mass is 10.1. The van der Waals surface area contributed by atoms with E-state index in [9.17, 15) is 0 Å². The second kappa shape index (κ2) is 9.17. The zero-order valence-corrected chi connectivity index (χ0v) is 16.0. The van der Waals surface area contributed by atoms with Crippen molar-refractivity contribution in [1.82, 2.24) is 9.97 Å². The van der Waals surface area contributed by atoms with E-state index in [1.165, 1.54) is 0 Å². The molecule has 5 nitrogen and oxygen atoms in total. The molecule has 28 heavy (non-hydrogen) atoms. The van der Waals surface area contributed by atoms with Gasteiger partial charge in [-0.15, -0.1) is 12.4 Å². The first-order valence-electron chi connectivity index (χ1n) is 8.87. The number of fused-ring (bicyclic) bond motifs is 1. The number of aromatic nitrogens is 2. The lowest BCUT2D eigenvalue weighted by Crippen LogP contribution is -2.02. The number of halogens is 1. The summed E-state index contributed by atoms with van der Waals surface area (Å²) < 4.78 is 0. The first-order chi connectivity index (χ1) is 13.3. The van der Waals surface area contributed by atoms with Gasteiger partial charge in [0.15, 0.2) is 0 Å². The zero-order valence-electron chi connectivity index (χ0n) is 15.2. The van der Waals surface area contributed by atoms with E-state index >= 15 is 0 Å². The molecule has 1 heterocycles. The number of aliphatic hydroxyl groups is 1. The van der Waals surface area contributed by atoms with Crippen molar-refractivity contribution in [2.24, 2.45) is 0 Å². The Labute approximate surface area is 169 Å². The van der Waals surface area contributed by atoms with Gasteiger partial charge in [0, 0.05) is 23.4 Å². The van der Waals surface area contributed by atoms with E-state index < -0.39 is 0 Å². The SMILES string of the molecule is Cl.OCCc1ccc(Nc2nc(Nc3ccccc3)c3ccccc3n2)cc1. The summed E-state index contributed by atoms with van der Waals surface area (Å²) in [6, 6.07) is 25.8. The molecule has 0 spiro atoms. The molecule has 142 valence electrons. The van der Waals surface area contributed by atoms with Crippen LogP contribution < -0.4 is 10.6 Å². The molecule has 0 saturated carbocycles. The third-order valence-corrected chi connectivity index (χ3v) is 4.25. The summed E-state index contributed by atoms with van der Waals surface area (Å²) in [6.07, 6.45) is 0.651. The normalized spacial score (nSPS) is 10.3. The highest BCUT2D eigenvalue weighted by Gasteiger charge is 2.08. The topological polar surface area (TPSA) is 70.1 Å². The van der Waals surface area contributed by atoms with Crippen LogP contribution in [-0.4, -0.2) is 21.7 Å². The molecule has 6 heteroatoms. The van der Waals surface area contributed by atoms with Crippen LogP contribution in [-0.2, 0) is 6.42 Å². The zero-order chi connectivity index (χ0) is 18.5. The Morgan fingerprint density at radius 3 is 2.14 bits per heavy atom. The standard InChI is InChI=1S/C22H20N4O.ClH/c27-15-14-16-10-12-18(13-11-16)24-22-25-20-9-5-4-8-19(20)21(26-22)23-17-6-2-1-3-7-17;/h1-13,27H,14-15H2,(H2,23,24,25,26);1H. The molecule has 3 aromatic carbocycles. The van der Waals surface area contributed by atoms with Crippen LogP contribution in [0.3, 0.4) is 0 Å². The van der Waals surface area contributed by atoms with Crippen molar-refractivity contribution < 1.29 is 5.11 Å². The Kier molecular flexibility index (Phi) is 6.42. The van der Waals surface area contributed by atoms with Crippen molar-refractivity contribution in [2.45, 2.75) is 6.42 Å². The minimum atomic E-state index is 0. The molecule has 0 aliphatic carbocycles. The number of hydrogen-bond acceptors (Lipinski definition) is 5. The predicted molar refractivity (Wildman–Crippen MR) is 117 cm³/mol. The van der Waals surface area contributed by atoms with Gasteiger partial charge >= 0.3 is 0 Å². The van der Waals surface area contributed by atoms with Crippen LogP contribution >= 0.6 is 12.4 Å². The Bertz CT molecular complexity index is 1040. The largest absolute Gasteiger partial charge is 0.396 e. The van der Waals surface area contributed by atoms with Crippen molar-refractivity contribution in [3.63, 3.8) is 0 Å². The molecule has 3 N–H and O–H groups in total. The van der Waals surface area contributed by atoms with Crippen LogP contribution in [0.4, 0.5) is 23.1 Å². The maximum atomic E-state index is 9.03. The molecule has 0 unspecified atom stereocenters. The fourth-order valence-corrected chi connectivity index (χ4v) is 2.90. The van der Waals surface area contributed by atoms with Crippen molar-refractivity contribution in [1.29, 1.82) is 0 Å². The molecule has 0 amide bonds. The number of rotatable bonds is 6. The number of para-hydroxylation sites is 2. The molecule has 0 radical (unpaired) electrons. The van der Waals surface area contributed by atoms with Gasteiger partial charge in [-0.25, -0.2) is 4.98 Å². The molecule has 0 bridgehead atoms. The summed E-state index contributed by atoms with van der Waals surface area (Å²) in [5, 5.41) is 16.6. The lowest BCUT2D eigenvalue weighted by Gasteiger charge is -2.12. The summed E-state index contributed by atoms with van der Waals surface area (Å²) in [7, 11) is 0. The minimum absolute atomic E-state index is 0. The van der Waals surface area contributed by atoms with Gasteiger partial charge < -0.3 is 15.7 Å². The molecule has 1 aromatic heterocycles. The number of nitrogens with zero attached hydrogens (tertiary/aromatic N) is 2. The molecule has 0 saturated heterocycles. The van der Waals surface area contributed by atoms with Crippen LogP contribution in [0.2, 0.25) is 0 Å². The highest BCUT2D eigenvalue weighted by atomic mass is 35.5. The van der Waals surface area contributed by atoms with Gasteiger partial charge in [-0.3, -0.25) is 0 Å². The fourth-order valence-electron chi connectivity index (χ4n) is 2.90. The average molecular weight is 393 g/mol. The van der Waals surface area contributed by atoms with E-state index in [0.29, 0.717) is 12.4 Å². The van der Waals surface area contributed by atoms with Gasteiger partial charge in [0.2, 0.25) is 5.95 Å². The molecule has 4 rings (SSSR count). The van der Waals surface area contributed by atoms with E-state index in [4.69, 9.17) is 5.11 Å². The van der Waals surface area contributed by atoms with E-state index in [0.717, 1.165) is 33.7 Å². The molecule has 4 aromatic rings. The molecule has 0 aliphatic rings. The van der Waals surface area contributed by atoms with E-state index in [2.05, 4.69) is 20.6 Å². The highest BCUT2D eigenvalue weighted by Crippen LogP contribution is 2.26. The van der Waals surface area contributed by atoms with Crippen molar-refractivity contribution in [3.05, 3.63) is 84.4 Å². The molecule has 0 fully saturated rings. The smallest absolute Gasteiger partial charge is 0.229 e. The minimum Gasteiger partial charge on any atom is -0.396 e. The van der Waals surface area contributed by atoms with Gasteiger partial charge in [-0.1, -0.05) is 42.5 Å². The second-order valence-corrected chi connectivity index (χ2v) is 6.20. The summed E-state index contributed by atoms with van der Waals surface area (Å²) in [6.45, 7) is 0.148. The Hall–Kier alpha value is -3.15. The predicted octanol–water partition coefficient (Wildman–Crippen LogP) is 5.07. The summed E-state index contributed by atoms with van der Waals surface area (Å²) in [5.41, 5.74) is 3.83. The number of nitrogens with one attached hydrogen (secondary N) is 2. The van der Waals surface area contributed by atoms with Crippen molar-refractivity contribution in [3.8, 4) is 0 Å². The second-order valence-electron chi connectivity index (χ2n) is 6.20. The lowest BCUT2D eigenvalue weighted by molar-refractivity contribution is 0.299. The molecular formula is C22H21ClN4O. The quantitative estimate of drug-likeness (QED) is 0.427. The monoisotopic (exact) mass is 392 g/mol. The van der Waals surface area contributed by atoms with Crippen molar-refractivity contribution in [2.75, 3.05) is 17.2 Å². The maximum absolute atomic E-state index is 9.03. The van der Waals surface area contributed by atoms with E-state index in [1.54, 1.807) is 0 Å². The van der Waals surface area contributed by atoms with E-state index in [1.807, 2.05) is 78.9 Å². The first kappa shape index (κ1) is 19.6. The first-order valence-corrected chi connectivity index (χ1v) is 8.87. The van der Waals surface area contributed by atoms with Gasteiger partial charge in [0.1, 0.15) is 5.82 Å². The Morgan fingerprint density at radius 2 is 1.39 bits per heavy atom. The molecule has 0 atom stereocenters. The summed E-state index contributed by atoms with van der Waals surface area (Å²) in [5.74, 6) is 1.29.